The van der Waals surface area contributed by atoms with Crippen molar-refractivity contribution < 1.29 is 5.11 Å². The van der Waals surface area contributed by atoms with Crippen molar-refractivity contribution in [3.05, 3.63) is 30.9 Å². The second-order valence-electron chi connectivity index (χ2n) is 6.08. The summed E-state index contributed by atoms with van der Waals surface area (Å²) < 4.78 is 1.71. The molecule has 112 valence electrons. The van der Waals surface area contributed by atoms with Gasteiger partial charge in [0.15, 0.2) is 0 Å². The van der Waals surface area contributed by atoms with Gasteiger partial charge in [0.05, 0.1) is 35.6 Å². The highest BCUT2D eigenvalue weighted by Gasteiger charge is 2.16. The lowest BCUT2D eigenvalue weighted by Crippen LogP contribution is -2.26. The molecule has 0 unspecified atom stereocenters. The molecule has 0 radical (unpaired) electrons. The first-order valence-corrected chi connectivity index (χ1v) is 7.07. The van der Waals surface area contributed by atoms with Gasteiger partial charge in [-0.15, -0.1) is 0 Å². The van der Waals surface area contributed by atoms with Gasteiger partial charge in [-0.25, -0.2) is 9.97 Å². The average Bonchev–Trinajstić information content (AvgIpc) is 3.13. The van der Waals surface area contributed by atoms with Crippen molar-refractivity contribution in [1.29, 1.82) is 0 Å². The lowest BCUT2D eigenvalue weighted by Gasteiger charge is -2.16. The summed E-state index contributed by atoms with van der Waals surface area (Å²) in [6.45, 7) is 3.94. The molecule has 22 heavy (non-hydrogen) atoms. The Kier molecular flexibility index (Phi) is 2.61. The smallest absolute Gasteiger partial charge is 0.141 e. The van der Waals surface area contributed by atoms with E-state index in [0.29, 0.717) is 6.54 Å². The van der Waals surface area contributed by atoms with Crippen LogP contribution in [0.4, 0.5) is 0 Å². The fraction of sp³-hybridized carbons (Fsp3) is 0.267. The summed E-state index contributed by atoms with van der Waals surface area (Å²) in [6.07, 6.45) is 7.24. The van der Waals surface area contributed by atoms with Crippen LogP contribution in [0.1, 0.15) is 13.8 Å². The number of aromatic amines is 2. The van der Waals surface area contributed by atoms with Gasteiger partial charge in [-0.2, -0.15) is 5.10 Å². The van der Waals surface area contributed by atoms with Crippen LogP contribution in [-0.2, 0) is 6.54 Å². The van der Waals surface area contributed by atoms with Gasteiger partial charge in [-0.1, -0.05) is 0 Å². The lowest BCUT2D eigenvalue weighted by atomic mass is 10.1. The van der Waals surface area contributed by atoms with Gasteiger partial charge in [-0.05, 0) is 19.9 Å². The van der Waals surface area contributed by atoms with E-state index in [4.69, 9.17) is 0 Å². The number of aromatic nitrogens is 6. The number of fused-ring (bicyclic) bond motifs is 3. The third-order valence-corrected chi connectivity index (χ3v) is 3.49. The van der Waals surface area contributed by atoms with Crippen molar-refractivity contribution in [2.24, 2.45) is 0 Å². The van der Waals surface area contributed by atoms with E-state index >= 15 is 0 Å². The highest BCUT2D eigenvalue weighted by atomic mass is 16.3. The van der Waals surface area contributed by atoms with Gasteiger partial charge in [0.1, 0.15) is 17.0 Å². The predicted molar refractivity (Wildman–Crippen MR) is 83.3 cm³/mol. The van der Waals surface area contributed by atoms with Crippen molar-refractivity contribution in [3.8, 4) is 11.4 Å². The van der Waals surface area contributed by atoms with Gasteiger partial charge in [0.25, 0.3) is 0 Å². The Labute approximate surface area is 126 Å². The number of pyridine rings is 1. The van der Waals surface area contributed by atoms with Crippen LogP contribution in [0.5, 0.6) is 0 Å². The Bertz CT molecular complexity index is 955. The van der Waals surface area contributed by atoms with Crippen LogP contribution in [0.2, 0.25) is 0 Å². The molecule has 0 spiro atoms. The molecule has 0 fully saturated rings. The predicted octanol–water partition coefficient (Wildman–Crippen LogP) is 2.07. The Hall–Kier alpha value is -2.67. The highest BCUT2D eigenvalue weighted by molar-refractivity contribution is 6.01. The van der Waals surface area contributed by atoms with E-state index in [-0.39, 0.29) is 0 Å². The number of hydrogen-bond acceptors (Lipinski definition) is 4. The highest BCUT2D eigenvalue weighted by Crippen LogP contribution is 2.25. The van der Waals surface area contributed by atoms with Crippen LogP contribution >= 0.6 is 0 Å². The van der Waals surface area contributed by atoms with E-state index < -0.39 is 5.60 Å². The van der Waals surface area contributed by atoms with Crippen molar-refractivity contribution in [1.82, 2.24) is 29.7 Å². The molecule has 3 N–H and O–H groups in total. The summed E-state index contributed by atoms with van der Waals surface area (Å²) in [5.41, 5.74) is 2.67. The molecule has 0 aromatic carbocycles. The maximum atomic E-state index is 9.86. The molecule has 4 aromatic heterocycles. The molecule has 7 nitrogen and oxygen atoms in total. The van der Waals surface area contributed by atoms with E-state index in [1.54, 1.807) is 30.9 Å². The van der Waals surface area contributed by atoms with E-state index in [9.17, 15) is 5.11 Å². The van der Waals surface area contributed by atoms with E-state index in [0.717, 1.165) is 33.5 Å². The average molecular weight is 296 g/mol. The topological polar surface area (TPSA) is 95.4 Å². The maximum Gasteiger partial charge on any atom is 0.141 e. The zero-order valence-corrected chi connectivity index (χ0v) is 12.3. The third-order valence-electron chi connectivity index (χ3n) is 3.49. The van der Waals surface area contributed by atoms with Crippen molar-refractivity contribution in [3.63, 3.8) is 0 Å². The quantitative estimate of drug-likeness (QED) is 0.539. The molecule has 7 heteroatoms. The Morgan fingerprint density at radius 3 is 3.00 bits per heavy atom. The number of rotatable bonds is 3. The zero-order chi connectivity index (χ0) is 15.3. The van der Waals surface area contributed by atoms with Gasteiger partial charge < -0.3 is 15.1 Å². The molecule has 0 aliphatic carbocycles. The number of aliphatic hydroxyl groups is 1. The van der Waals surface area contributed by atoms with Gasteiger partial charge in [-0.3, -0.25) is 4.68 Å². The molecule has 4 aromatic rings. The number of nitrogens with one attached hydrogen (secondary N) is 2. The number of nitrogens with zero attached hydrogens (tertiary/aromatic N) is 4. The summed E-state index contributed by atoms with van der Waals surface area (Å²) >= 11 is 0. The number of imidazole rings is 1. The molecular weight excluding hydrogens is 280 g/mol. The van der Waals surface area contributed by atoms with Crippen molar-refractivity contribution >= 4 is 22.1 Å². The SMILES string of the molecule is CC(C)(O)Cn1cc(-c2nc3c(cnc4[nH]ccc43)[nH]2)cn1. The molecule has 0 saturated carbocycles. The van der Waals surface area contributed by atoms with Crippen LogP contribution in [0.25, 0.3) is 33.5 Å². The Morgan fingerprint density at radius 1 is 1.32 bits per heavy atom. The van der Waals surface area contributed by atoms with Crippen molar-refractivity contribution in [2.75, 3.05) is 0 Å². The normalized spacial score (nSPS) is 12.5. The Balaban J connectivity index is 1.78. The minimum atomic E-state index is -0.807. The molecule has 0 saturated heterocycles. The molecule has 0 aliphatic heterocycles. The summed E-state index contributed by atoms with van der Waals surface area (Å²) in [5.74, 6) is 0.743. The second-order valence-corrected chi connectivity index (χ2v) is 6.08. The Morgan fingerprint density at radius 2 is 2.18 bits per heavy atom. The molecular formula is C15H16N6O. The molecule has 0 atom stereocenters. The third kappa shape index (κ3) is 2.15. The molecule has 0 aliphatic rings. The minimum Gasteiger partial charge on any atom is -0.389 e. The largest absolute Gasteiger partial charge is 0.389 e. The number of H-pyrrole nitrogens is 2. The fourth-order valence-electron chi connectivity index (χ4n) is 2.58. The molecule has 0 amide bonds. The van der Waals surface area contributed by atoms with Crippen LogP contribution < -0.4 is 0 Å². The summed E-state index contributed by atoms with van der Waals surface area (Å²) in [4.78, 5) is 15.4. The molecule has 0 bridgehead atoms. The maximum absolute atomic E-state index is 9.86. The van der Waals surface area contributed by atoms with Crippen molar-refractivity contribution in [2.45, 2.75) is 26.0 Å². The molecule has 4 rings (SSSR count). The van der Waals surface area contributed by atoms with Gasteiger partial charge >= 0.3 is 0 Å². The van der Waals surface area contributed by atoms with E-state index in [2.05, 4.69) is 25.0 Å². The monoisotopic (exact) mass is 296 g/mol. The summed E-state index contributed by atoms with van der Waals surface area (Å²) in [7, 11) is 0. The first-order chi connectivity index (χ1) is 10.5. The zero-order valence-electron chi connectivity index (χ0n) is 12.3. The van der Waals surface area contributed by atoms with Crippen LogP contribution in [0, 0.1) is 0 Å². The van der Waals surface area contributed by atoms with E-state index in [1.165, 1.54) is 0 Å². The first-order valence-electron chi connectivity index (χ1n) is 7.07. The minimum absolute atomic E-state index is 0.427. The summed E-state index contributed by atoms with van der Waals surface area (Å²) in [5, 5.41) is 15.1. The van der Waals surface area contributed by atoms with E-state index in [1.807, 2.05) is 18.5 Å². The number of hydrogen-bond donors (Lipinski definition) is 3. The van der Waals surface area contributed by atoms with Crippen LogP contribution in [0.3, 0.4) is 0 Å². The fourth-order valence-corrected chi connectivity index (χ4v) is 2.58. The first kappa shape index (κ1) is 13.0. The van der Waals surface area contributed by atoms with Crippen LogP contribution in [-0.4, -0.2) is 40.4 Å². The molecule has 4 heterocycles. The van der Waals surface area contributed by atoms with Gasteiger partial charge in [0.2, 0.25) is 0 Å². The standard InChI is InChI=1S/C15H16N6O/c1-15(2,22)8-21-7-9(5-18-21)13-19-11-6-17-14-10(3-4-16-14)12(11)20-13/h3-7,22H,8H2,1-2H3,(H,16,17)(H,19,20). The summed E-state index contributed by atoms with van der Waals surface area (Å²) in [6, 6.07) is 1.97. The van der Waals surface area contributed by atoms with Gasteiger partial charge in [0, 0.05) is 17.8 Å². The lowest BCUT2D eigenvalue weighted by molar-refractivity contribution is 0.0577. The second kappa shape index (κ2) is 4.41. The van der Waals surface area contributed by atoms with Crippen LogP contribution in [0.15, 0.2) is 30.9 Å².